The Bertz CT molecular complexity index is 3230. The number of hydrogen-bond acceptors (Lipinski definition) is 1. The predicted molar refractivity (Wildman–Crippen MR) is 263 cm³/mol. The van der Waals surface area contributed by atoms with Crippen LogP contribution in [0.2, 0.25) is 0 Å². The fourth-order valence-electron chi connectivity index (χ4n) is 11.7. The highest BCUT2D eigenvalue weighted by molar-refractivity contribution is 5.97. The number of para-hydroxylation sites is 1. The molecule has 12 rings (SSSR count). The van der Waals surface area contributed by atoms with E-state index in [1.54, 1.807) is 0 Å². The lowest BCUT2D eigenvalue weighted by Gasteiger charge is -2.35. The fourth-order valence-corrected chi connectivity index (χ4v) is 11.7. The molecular weight excluding hydrogens is 759 g/mol. The van der Waals surface area contributed by atoms with E-state index in [9.17, 15) is 0 Å². The molecule has 3 aliphatic carbocycles. The van der Waals surface area contributed by atoms with Crippen molar-refractivity contribution in [1.29, 1.82) is 0 Å². The second-order valence-electron chi connectivity index (χ2n) is 18.7. The van der Waals surface area contributed by atoms with Gasteiger partial charge in [0.05, 0.1) is 10.8 Å². The number of nitrogens with zero attached hydrogens (tertiary/aromatic N) is 1. The van der Waals surface area contributed by atoms with E-state index in [-0.39, 0.29) is 5.41 Å². The SMILES string of the molecule is CCc1ccc2c(c1)C1(c3ccccc3-2)c2ccccc2-c2ccc(N(c3ccccc3)c3ccc4c(c3)C(c3ccccc3)(c3ccc(C(C)(C)C)cc3)c3ccccc3-4)cc21. The lowest BCUT2D eigenvalue weighted by molar-refractivity contribution is 0.589. The standard InChI is InChI=1S/C62H49N/c1-5-41-28-35-51-49-23-13-16-26-55(49)62(57(51)38-41)56-27-17-14-24-50(56)53-37-34-47(40-59(53)62)63(45-20-10-7-11-21-45)46-33-36-52-48-22-12-15-25-54(48)61(58(52)39-46,43-18-8-6-9-19-43)44-31-29-42(30-32-44)60(2,3)4/h6-40H,5H2,1-4H3. The molecule has 0 aliphatic heterocycles. The van der Waals surface area contributed by atoms with Gasteiger partial charge in [0, 0.05) is 17.1 Å². The average Bonchev–Trinajstić information content (AvgIpc) is 3.91. The summed E-state index contributed by atoms with van der Waals surface area (Å²) in [4.78, 5) is 2.49. The summed E-state index contributed by atoms with van der Waals surface area (Å²) in [6.07, 6.45) is 0.990. The third-order valence-electron chi connectivity index (χ3n) is 14.5. The monoisotopic (exact) mass is 807 g/mol. The molecule has 2 unspecified atom stereocenters. The van der Waals surface area contributed by atoms with Crippen LogP contribution in [0.3, 0.4) is 0 Å². The van der Waals surface area contributed by atoms with E-state index in [1.807, 2.05) is 0 Å². The Kier molecular flexibility index (Phi) is 8.28. The van der Waals surface area contributed by atoms with Crippen LogP contribution in [0, 0.1) is 0 Å². The summed E-state index contributed by atoms with van der Waals surface area (Å²) in [5.41, 5.74) is 23.6. The molecule has 0 bridgehead atoms. The van der Waals surface area contributed by atoms with Crippen molar-refractivity contribution < 1.29 is 0 Å². The molecule has 9 aromatic rings. The van der Waals surface area contributed by atoms with Gasteiger partial charge in [-0.1, -0.05) is 204 Å². The molecule has 1 heteroatoms. The number of fused-ring (bicyclic) bond motifs is 13. The molecule has 1 nitrogen and oxygen atoms in total. The Morgan fingerprint density at radius 2 is 0.762 bits per heavy atom. The minimum Gasteiger partial charge on any atom is -0.310 e. The Hall–Kier alpha value is -7.22. The smallest absolute Gasteiger partial charge is 0.0726 e. The normalized spacial score (nSPS) is 17.4. The molecule has 0 heterocycles. The largest absolute Gasteiger partial charge is 0.310 e. The van der Waals surface area contributed by atoms with Gasteiger partial charge in [-0.25, -0.2) is 0 Å². The molecule has 3 aliphatic rings. The molecule has 0 N–H and O–H groups in total. The summed E-state index contributed by atoms with van der Waals surface area (Å²) < 4.78 is 0. The number of benzene rings is 9. The molecule has 0 saturated heterocycles. The van der Waals surface area contributed by atoms with Crippen LogP contribution in [0.15, 0.2) is 212 Å². The van der Waals surface area contributed by atoms with Gasteiger partial charge in [0.25, 0.3) is 0 Å². The van der Waals surface area contributed by atoms with Crippen molar-refractivity contribution in [2.75, 3.05) is 4.90 Å². The zero-order chi connectivity index (χ0) is 42.5. The molecule has 0 saturated carbocycles. The summed E-state index contributed by atoms with van der Waals surface area (Å²) in [6, 6.07) is 80.6. The van der Waals surface area contributed by atoms with E-state index in [0.29, 0.717) is 0 Å². The summed E-state index contributed by atoms with van der Waals surface area (Å²) >= 11 is 0. The van der Waals surface area contributed by atoms with Crippen molar-refractivity contribution in [2.24, 2.45) is 0 Å². The van der Waals surface area contributed by atoms with E-state index in [2.05, 4.69) is 245 Å². The predicted octanol–water partition coefficient (Wildman–Crippen LogP) is 15.7. The first-order valence-corrected chi connectivity index (χ1v) is 22.6. The maximum absolute atomic E-state index is 2.52. The van der Waals surface area contributed by atoms with Gasteiger partial charge in [0.15, 0.2) is 0 Å². The van der Waals surface area contributed by atoms with Gasteiger partial charge in [-0.05, 0) is 137 Å². The summed E-state index contributed by atoms with van der Waals surface area (Å²) in [6.45, 7) is 9.16. The Balaban J connectivity index is 1.12. The number of hydrogen-bond donors (Lipinski definition) is 0. The molecule has 9 aromatic carbocycles. The summed E-state index contributed by atoms with van der Waals surface area (Å²) in [5.74, 6) is 0. The molecule has 0 fully saturated rings. The fraction of sp³-hybridized carbons (Fsp3) is 0.129. The van der Waals surface area contributed by atoms with Crippen molar-refractivity contribution >= 4 is 17.1 Å². The first kappa shape index (κ1) is 37.5. The van der Waals surface area contributed by atoms with Crippen LogP contribution >= 0.6 is 0 Å². The van der Waals surface area contributed by atoms with Crippen molar-refractivity contribution in [3.8, 4) is 33.4 Å². The quantitative estimate of drug-likeness (QED) is 0.162. The van der Waals surface area contributed by atoms with Crippen molar-refractivity contribution in [2.45, 2.75) is 50.4 Å². The zero-order valence-corrected chi connectivity index (χ0v) is 36.4. The molecule has 1 spiro atoms. The average molecular weight is 808 g/mol. The summed E-state index contributed by atoms with van der Waals surface area (Å²) in [7, 11) is 0. The molecule has 2 atom stereocenters. The summed E-state index contributed by atoms with van der Waals surface area (Å²) in [5, 5.41) is 0. The molecule has 0 amide bonds. The van der Waals surface area contributed by atoms with E-state index < -0.39 is 10.8 Å². The highest BCUT2D eigenvalue weighted by Gasteiger charge is 2.52. The first-order chi connectivity index (χ1) is 30.8. The van der Waals surface area contributed by atoms with Crippen LogP contribution in [0.1, 0.15) is 83.3 Å². The van der Waals surface area contributed by atoms with Crippen LogP contribution in [-0.2, 0) is 22.7 Å². The number of anilines is 3. The molecule has 302 valence electrons. The molecule has 0 aromatic heterocycles. The minimum absolute atomic E-state index is 0.0457. The van der Waals surface area contributed by atoms with E-state index in [0.717, 1.165) is 23.5 Å². The van der Waals surface area contributed by atoms with Crippen LogP contribution in [0.25, 0.3) is 33.4 Å². The van der Waals surface area contributed by atoms with Gasteiger partial charge in [-0.3, -0.25) is 0 Å². The van der Waals surface area contributed by atoms with Crippen molar-refractivity contribution in [3.63, 3.8) is 0 Å². The minimum atomic E-state index is -0.528. The van der Waals surface area contributed by atoms with Gasteiger partial charge < -0.3 is 4.90 Å². The third kappa shape index (κ3) is 5.23. The highest BCUT2D eigenvalue weighted by Crippen LogP contribution is 2.64. The van der Waals surface area contributed by atoms with Gasteiger partial charge >= 0.3 is 0 Å². The molecular formula is C62H49N. The topological polar surface area (TPSA) is 3.24 Å². The first-order valence-electron chi connectivity index (χ1n) is 22.6. The second kappa shape index (κ2) is 13.9. The van der Waals surface area contributed by atoms with Crippen LogP contribution in [0.5, 0.6) is 0 Å². The zero-order valence-electron chi connectivity index (χ0n) is 36.4. The van der Waals surface area contributed by atoms with Crippen LogP contribution in [-0.4, -0.2) is 0 Å². The van der Waals surface area contributed by atoms with E-state index >= 15 is 0 Å². The Morgan fingerprint density at radius 3 is 1.29 bits per heavy atom. The van der Waals surface area contributed by atoms with Crippen LogP contribution < -0.4 is 4.90 Å². The van der Waals surface area contributed by atoms with Gasteiger partial charge in [-0.15, -0.1) is 0 Å². The number of rotatable bonds is 6. The van der Waals surface area contributed by atoms with Crippen molar-refractivity contribution in [3.05, 3.63) is 268 Å². The van der Waals surface area contributed by atoms with E-state index in [4.69, 9.17) is 0 Å². The maximum atomic E-state index is 2.52. The Morgan fingerprint density at radius 1 is 0.349 bits per heavy atom. The van der Waals surface area contributed by atoms with E-state index in [1.165, 1.54) is 89.0 Å². The maximum Gasteiger partial charge on any atom is 0.0726 e. The lowest BCUT2D eigenvalue weighted by atomic mass is 9.67. The molecule has 63 heavy (non-hydrogen) atoms. The van der Waals surface area contributed by atoms with Crippen molar-refractivity contribution in [1.82, 2.24) is 0 Å². The third-order valence-corrected chi connectivity index (χ3v) is 14.5. The number of aryl methyl sites for hydroxylation is 1. The van der Waals surface area contributed by atoms with Gasteiger partial charge in [-0.2, -0.15) is 0 Å². The lowest BCUT2D eigenvalue weighted by Crippen LogP contribution is -2.29. The van der Waals surface area contributed by atoms with Crippen LogP contribution in [0.4, 0.5) is 17.1 Å². The Labute approximate surface area is 372 Å². The molecule has 0 radical (unpaired) electrons. The van der Waals surface area contributed by atoms with Gasteiger partial charge in [0.2, 0.25) is 0 Å². The van der Waals surface area contributed by atoms with Gasteiger partial charge in [0.1, 0.15) is 0 Å². The second-order valence-corrected chi connectivity index (χ2v) is 18.7. The highest BCUT2D eigenvalue weighted by atomic mass is 15.1.